The SMILES string of the molecule is CC(C)n1ccnc1CN(C)CC(C)(C)S(C)(=O)=O. The van der Waals surface area contributed by atoms with E-state index in [0.717, 1.165) is 5.82 Å². The van der Waals surface area contributed by atoms with E-state index in [1.54, 1.807) is 20.0 Å². The molecule has 110 valence electrons. The van der Waals surface area contributed by atoms with Gasteiger partial charge in [-0.05, 0) is 34.7 Å². The van der Waals surface area contributed by atoms with Gasteiger partial charge in [-0.1, -0.05) is 0 Å². The van der Waals surface area contributed by atoms with E-state index in [0.29, 0.717) is 19.1 Å². The van der Waals surface area contributed by atoms with Gasteiger partial charge >= 0.3 is 0 Å². The Labute approximate surface area is 116 Å². The molecule has 0 aliphatic heterocycles. The third-order valence-electron chi connectivity index (χ3n) is 3.37. The van der Waals surface area contributed by atoms with Crippen molar-refractivity contribution in [3.8, 4) is 0 Å². The first-order valence-electron chi connectivity index (χ1n) is 6.44. The van der Waals surface area contributed by atoms with Gasteiger partial charge in [-0.3, -0.25) is 4.90 Å². The Morgan fingerprint density at radius 1 is 1.42 bits per heavy atom. The second kappa shape index (κ2) is 5.63. The van der Waals surface area contributed by atoms with Gasteiger partial charge in [-0.2, -0.15) is 0 Å². The van der Waals surface area contributed by atoms with Gasteiger partial charge in [-0.25, -0.2) is 13.4 Å². The molecule has 0 saturated carbocycles. The molecule has 1 rings (SSSR count). The fraction of sp³-hybridized carbons (Fsp3) is 0.769. The molecule has 6 heteroatoms. The summed E-state index contributed by atoms with van der Waals surface area (Å²) in [6.45, 7) is 8.85. The summed E-state index contributed by atoms with van der Waals surface area (Å²) in [4.78, 5) is 6.34. The quantitative estimate of drug-likeness (QED) is 0.799. The normalized spacial score (nSPS) is 13.5. The molecule has 0 aliphatic carbocycles. The molecule has 19 heavy (non-hydrogen) atoms. The minimum atomic E-state index is -3.07. The molecular weight excluding hydrogens is 262 g/mol. The monoisotopic (exact) mass is 287 g/mol. The number of imidazole rings is 1. The molecule has 0 atom stereocenters. The first kappa shape index (κ1) is 16.2. The molecule has 0 N–H and O–H groups in total. The van der Waals surface area contributed by atoms with E-state index in [2.05, 4.69) is 23.4 Å². The zero-order valence-corrected chi connectivity index (χ0v) is 13.5. The average Bonchev–Trinajstić information content (AvgIpc) is 2.62. The molecule has 0 radical (unpaired) electrons. The van der Waals surface area contributed by atoms with Crippen LogP contribution in [0.3, 0.4) is 0 Å². The minimum Gasteiger partial charge on any atom is -0.331 e. The van der Waals surface area contributed by atoms with Crippen molar-refractivity contribution in [3.05, 3.63) is 18.2 Å². The predicted octanol–water partition coefficient (Wildman–Crippen LogP) is 1.72. The van der Waals surface area contributed by atoms with E-state index in [4.69, 9.17) is 0 Å². The van der Waals surface area contributed by atoms with E-state index < -0.39 is 14.6 Å². The highest BCUT2D eigenvalue weighted by Gasteiger charge is 2.31. The largest absolute Gasteiger partial charge is 0.331 e. The van der Waals surface area contributed by atoms with Crippen LogP contribution in [0.25, 0.3) is 0 Å². The van der Waals surface area contributed by atoms with Crippen LogP contribution in [0.2, 0.25) is 0 Å². The second-order valence-electron chi connectivity index (χ2n) is 6.05. The zero-order chi connectivity index (χ0) is 14.8. The molecule has 0 saturated heterocycles. The van der Waals surface area contributed by atoms with Crippen LogP contribution in [-0.2, 0) is 16.4 Å². The summed E-state index contributed by atoms with van der Waals surface area (Å²) < 4.78 is 24.8. The van der Waals surface area contributed by atoms with Gasteiger partial charge in [0.2, 0.25) is 0 Å². The van der Waals surface area contributed by atoms with Crippen LogP contribution in [0.4, 0.5) is 0 Å². The summed E-state index contributed by atoms with van der Waals surface area (Å²) in [6, 6.07) is 0.355. The lowest BCUT2D eigenvalue weighted by atomic mass is 10.2. The highest BCUT2D eigenvalue weighted by atomic mass is 32.2. The summed E-state index contributed by atoms with van der Waals surface area (Å²) in [5, 5.41) is 0. The van der Waals surface area contributed by atoms with Crippen LogP contribution >= 0.6 is 0 Å². The van der Waals surface area contributed by atoms with Crippen LogP contribution in [0.1, 0.15) is 39.6 Å². The maximum absolute atomic E-state index is 11.7. The van der Waals surface area contributed by atoms with Crippen molar-refractivity contribution in [1.82, 2.24) is 14.5 Å². The van der Waals surface area contributed by atoms with Crippen LogP contribution in [0.5, 0.6) is 0 Å². The number of hydrogen-bond acceptors (Lipinski definition) is 4. The Kier molecular flexibility index (Phi) is 4.79. The molecule has 0 spiro atoms. The van der Waals surface area contributed by atoms with E-state index in [1.165, 1.54) is 6.26 Å². The third kappa shape index (κ3) is 4.04. The lowest BCUT2D eigenvalue weighted by Crippen LogP contribution is -2.42. The highest BCUT2D eigenvalue weighted by molar-refractivity contribution is 7.92. The second-order valence-corrected chi connectivity index (χ2v) is 8.70. The molecule has 5 nitrogen and oxygen atoms in total. The van der Waals surface area contributed by atoms with Gasteiger partial charge in [-0.15, -0.1) is 0 Å². The van der Waals surface area contributed by atoms with E-state index in [1.807, 2.05) is 18.1 Å². The maximum Gasteiger partial charge on any atom is 0.153 e. The summed E-state index contributed by atoms with van der Waals surface area (Å²) in [5.74, 6) is 0.960. The van der Waals surface area contributed by atoms with Crippen LogP contribution in [-0.4, -0.2) is 47.5 Å². The third-order valence-corrected chi connectivity index (χ3v) is 5.51. The first-order chi connectivity index (χ1) is 8.54. The molecule has 0 aliphatic rings. The topological polar surface area (TPSA) is 55.2 Å². The van der Waals surface area contributed by atoms with Crippen molar-refractivity contribution in [3.63, 3.8) is 0 Å². The number of hydrogen-bond donors (Lipinski definition) is 0. The van der Waals surface area contributed by atoms with Crippen molar-refractivity contribution >= 4 is 9.84 Å². The van der Waals surface area contributed by atoms with Gasteiger partial charge in [0.05, 0.1) is 11.3 Å². The Morgan fingerprint density at radius 3 is 2.47 bits per heavy atom. The van der Waals surface area contributed by atoms with E-state index in [-0.39, 0.29) is 0 Å². The Hall–Kier alpha value is -0.880. The van der Waals surface area contributed by atoms with Crippen molar-refractivity contribution < 1.29 is 8.42 Å². The smallest absolute Gasteiger partial charge is 0.153 e. The summed E-state index contributed by atoms with van der Waals surface area (Å²) in [7, 11) is -1.15. The molecule has 0 fully saturated rings. The van der Waals surface area contributed by atoms with Gasteiger partial charge < -0.3 is 4.57 Å². The number of aromatic nitrogens is 2. The summed E-state index contributed by atoms with van der Waals surface area (Å²) >= 11 is 0. The van der Waals surface area contributed by atoms with Crippen molar-refractivity contribution in [2.75, 3.05) is 19.8 Å². The molecule has 0 unspecified atom stereocenters. The highest BCUT2D eigenvalue weighted by Crippen LogP contribution is 2.18. The lowest BCUT2D eigenvalue weighted by molar-refractivity contribution is 0.283. The molecule has 0 amide bonds. The lowest BCUT2D eigenvalue weighted by Gasteiger charge is -2.28. The van der Waals surface area contributed by atoms with Gasteiger partial charge in [0.15, 0.2) is 9.84 Å². The van der Waals surface area contributed by atoms with Crippen molar-refractivity contribution in [1.29, 1.82) is 0 Å². The van der Waals surface area contributed by atoms with Crippen LogP contribution < -0.4 is 0 Å². The van der Waals surface area contributed by atoms with Gasteiger partial charge in [0.25, 0.3) is 0 Å². The molecule has 1 aromatic rings. The standard InChI is InChI=1S/C13H25N3O2S/c1-11(2)16-8-7-14-12(16)9-15(5)10-13(3,4)19(6,17)18/h7-8,11H,9-10H2,1-6H3. The number of rotatable bonds is 6. The summed E-state index contributed by atoms with van der Waals surface area (Å²) in [5.41, 5.74) is 0. The van der Waals surface area contributed by atoms with Crippen molar-refractivity contribution in [2.24, 2.45) is 0 Å². The zero-order valence-electron chi connectivity index (χ0n) is 12.7. The maximum atomic E-state index is 11.7. The molecule has 0 bridgehead atoms. The molecule has 1 heterocycles. The average molecular weight is 287 g/mol. The minimum absolute atomic E-state index is 0.355. The van der Waals surface area contributed by atoms with E-state index in [9.17, 15) is 8.42 Å². The van der Waals surface area contributed by atoms with Gasteiger partial charge in [0.1, 0.15) is 5.82 Å². The Bertz CT molecular complexity index is 518. The first-order valence-corrected chi connectivity index (χ1v) is 8.33. The van der Waals surface area contributed by atoms with E-state index >= 15 is 0 Å². The molecular formula is C13H25N3O2S. The molecule has 0 aromatic carbocycles. The number of nitrogens with zero attached hydrogens (tertiary/aromatic N) is 3. The van der Waals surface area contributed by atoms with Crippen LogP contribution in [0.15, 0.2) is 12.4 Å². The predicted molar refractivity (Wildman–Crippen MR) is 77.9 cm³/mol. The van der Waals surface area contributed by atoms with Gasteiger partial charge in [0, 0.05) is 31.2 Å². The Morgan fingerprint density at radius 2 is 2.00 bits per heavy atom. The number of sulfone groups is 1. The fourth-order valence-corrected chi connectivity index (χ4v) is 2.46. The summed E-state index contributed by atoms with van der Waals surface area (Å²) in [6.07, 6.45) is 5.02. The van der Waals surface area contributed by atoms with Crippen LogP contribution in [0, 0.1) is 0 Å². The fourth-order valence-electron chi connectivity index (χ4n) is 2.00. The Balaban J connectivity index is 2.76. The molecule has 1 aromatic heterocycles. The van der Waals surface area contributed by atoms with Crippen molar-refractivity contribution in [2.45, 2.75) is 45.0 Å².